The van der Waals surface area contributed by atoms with Crippen LogP contribution in [0.1, 0.15) is 11.1 Å². The molecule has 0 fully saturated rings. The van der Waals surface area contributed by atoms with E-state index in [9.17, 15) is 13.5 Å². The van der Waals surface area contributed by atoms with Crippen LogP contribution >= 0.6 is 15.9 Å². The van der Waals surface area contributed by atoms with Crippen LogP contribution in [-0.4, -0.2) is 20.9 Å². The molecule has 0 atom stereocenters. The first-order valence-electron chi connectivity index (χ1n) is 8.58. The molecule has 0 spiro atoms. The van der Waals surface area contributed by atoms with Gasteiger partial charge in [0, 0.05) is 16.7 Å². The highest BCUT2D eigenvalue weighted by atomic mass is 79.9. The molecule has 0 aliphatic heterocycles. The molecule has 144 valence electrons. The fourth-order valence-corrected chi connectivity index (χ4v) is 3.88. The fourth-order valence-electron chi connectivity index (χ4n) is 2.57. The normalized spacial score (nSPS) is 12.0. The summed E-state index contributed by atoms with van der Waals surface area (Å²) in [7, 11) is -3.74. The van der Waals surface area contributed by atoms with Crippen molar-refractivity contribution in [3.8, 4) is 0 Å². The smallest absolute Gasteiger partial charge is 0.261 e. The van der Waals surface area contributed by atoms with Gasteiger partial charge in [0.25, 0.3) is 10.0 Å². The molecule has 1 N–H and O–H groups in total. The Morgan fingerprint density at radius 1 is 0.964 bits per heavy atom. The second kappa shape index (κ2) is 9.03. The SMILES string of the molecule is O=S(=O)(Nc1cccc(C([O-])=NCCc2ccccc2)c1)c1ccc(Br)cc1. The second-order valence-electron chi connectivity index (χ2n) is 6.06. The molecular formula is C21H18BrN2O3S-. The number of nitrogens with zero attached hydrogens (tertiary/aromatic N) is 1. The lowest BCUT2D eigenvalue weighted by Crippen LogP contribution is -2.20. The predicted octanol–water partition coefficient (Wildman–Crippen LogP) is 3.60. The van der Waals surface area contributed by atoms with Gasteiger partial charge in [0.05, 0.1) is 4.90 Å². The maximum absolute atomic E-state index is 12.5. The molecule has 0 bridgehead atoms. The number of rotatable bonds is 7. The zero-order valence-corrected chi connectivity index (χ0v) is 17.3. The summed E-state index contributed by atoms with van der Waals surface area (Å²) in [5.41, 5.74) is 1.76. The number of hydrogen-bond donors (Lipinski definition) is 1. The first-order chi connectivity index (χ1) is 13.4. The summed E-state index contributed by atoms with van der Waals surface area (Å²) in [5.74, 6) is -0.374. The topological polar surface area (TPSA) is 81.6 Å². The summed E-state index contributed by atoms with van der Waals surface area (Å²) in [5, 5.41) is 12.3. The Labute approximate surface area is 173 Å². The monoisotopic (exact) mass is 457 g/mol. The summed E-state index contributed by atoms with van der Waals surface area (Å²) in [6.45, 7) is 0.373. The highest BCUT2D eigenvalue weighted by Gasteiger charge is 2.14. The lowest BCUT2D eigenvalue weighted by molar-refractivity contribution is -0.213. The van der Waals surface area contributed by atoms with Crippen molar-refractivity contribution in [2.75, 3.05) is 11.3 Å². The van der Waals surface area contributed by atoms with E-state index in [4.69, 9.17) is 0 Å². The quantitative estimate of drug-likeness (QED) is 0.434. The Bertz CT molecular complexity index is 1070. The summed E-state index contributed by atoms with van der Waals surface area (Å²) in [4.78, 5) is 4.21. The van der Waals surface area contributed by atoms with E-state index in [2.05, 4.69) is 25.6 Å². The van der Waals surface area contributed by atoms with E-state index in [0.29, 0.717) is 24.2 Å². The third-order valence-corrected chi connectivity index (χ3v) is 5.91. The van der Waals surface area contributed by atoms with Gasteiger partial charge < -0.3 is 10.1 Å². The summed E-state index contributed by atoms with van der Waals surface area (Å²) in [6, 6.07) is 22.4. The Kier molecular flexibility index (Phi) is 6.49. The number of anilines is 1. The van der Waals surface area contributed by atoms with Crippen LogP contribution in [0.25, 0.3) is 0 Å². The molecule has 7 heteroatoms. The van der Waals surface area contributed by atoms with Crippen molar-refractivity contribution in [3.05, 3.63) is 94.5 Å². The molecule has 0 unspecified atom stereocenters. The molecule has 0 saturated heterocycles. The number of halogens is 1. The van der Waals surface area contributed by atoms with E-state index < -0.39 is 10.0 Å². The first kappa shape index (κ1) is 20.1. The van der Waals surface area contributed by atoms with Gasteiger partial charge in [-0.05, 0) is 59.8 Å². The van der Waals surface area contributed by atoms with Gasteiger partial charge in [-0.1, -0.05) is 58.4 Å². The molecule has 5 nitrogen and oxygen atoms in total. The van der Waals surface area contributed by atoms with Gasteiger partial charge in [0.15, 0.2) is 0 Å². The minimum atomic E-state index is -3.74. The molecule has 28 heavy (non-hydrogen) atoms. The largest absolute Gasteiger partial charge is 0.858 e. The van der Waals surface area contributed by atoms with Gasteiger partial charge >= 0.3 is 0 Å². The van der Waals surface area contributed by atoms with Crippen molar-refractivity contribution >= 4 is 37.5 Å². The van der Waals surface area contributed by atoms with Crippen molar-refractivity contribution in [1.82, 2.24) is 0 Å². The van der Waals surface area contributed by atoms with Crippen LogP contribution in [0, 0.1) is 0 Å². The van der Waals surface area contributed by atoms with Crippen LogP contribution in [-0.2, 0) is 16.4 Å². The number of sulfonamides is 1. The van der Waals surface area contributed by atoms with Gasteiger partial charge in [0.2, 0.25) is 0 Å². The molecule has 0 aliphatic rings. The van der Waals surface area contributed by atoms with Crippen LogP contribution in [0.15, 0.2) is 93.2 Å². The Morgan fingerprint density at radius 3 is 2.39 bits per heavy atom. The van der Waals surface area contributed by atoms with E-state index in [-0.39, 0.29) is 10.8 Å². The number of hydrogen-bond acceptors (Lipinski definition) is 4. The third-order valence-electron chi connectivity index (χ3n) is 3.98. The number of benzene rings is 3. The van der Waals surface area contributed by atoms with Crippen molar-refractivity contribution in [1.29, 1.82) is 0 Å². The van der Waals surface area contributed by atoms with Crippen LogP contribution in [0.3, 0.4) is 0 Å². The van der Waals surface area contributed by atoms with E-state index >= 15 is 0 Å². The van der Waals surface area contributed by atoms with E-state index in [1.807, 2.05) is 30.3 Å². The van der Waals surface area contributed by atoms with Crippen molar-refractivity contribution < 1.29 is 13.5 Å². The number of aliphatic imine (C=N–C) groups is 1. The minimum Gasteiger partial charge on any atom is -0.858 e. The number of nitrogens with one attached hydrogen (secondary N) is 1. The van der Waals surface area contributed by atoms with E-state index in [1.165, 1.54) is 18.2 Å². The molecule has 0 aromatic heterocycles. The predicted molar refractivity (Wildman–Crippen MR) is 113 cm³/mol. The third kappa shape index (κ3) is 5.43. The maximum Gasteiger partial charge on any atom is 0.261 e. The highest BCUT2D eigenvalue weighted by molar-refractivity contribution is 9.10. The molecular weight excluding hydrogens is 440 g/mol. The molecule has 0 saturated carbocycles. The van der Waals surface area contributed by atoms with Gasteiger partial charge in [-0.15, -0.1) is 0 Å². The first-order valence-corrected chi connectivity index (χ1v) is 10.9. The van der Waals surface area contributed by atoms with Gasteiger partial charge in [-0.3, -0.25) is 4.72 Å². The fraction of sp³-hybridized carbons (Fsp3) is 0.0952. The van der Waals surface area contributed by atoms with Gasteiger partial charge in [-0.2, -0.15) is 0 Å². The van der Waals surface area contributed by atoms with E-state index in [1.54, 1.807) is 30.3 Å². The summed E-state index contributed by atoms with van der Waals surface area (Å²) in [6.07, 6.45) is 0.669. The van der Waals surface area contributed by atoms with Crippen molar-refractivity contribution in [2.24, 2.45) is 4.99 Å². The summed E-state index contributed by atoms with van der Waals surface area (Å²) >= 11 is 3.28. The van der Waals surface area contributed by atoms with Gasteiger partial charge in [0.1, 0.15) is 0 Å². The van der Waals surface area contributed by atoms with Crippen LogP contribution in [0.2, 0.25) is 0 Å². The Morgan fingerprint density at radius 2 is 1.68 bits per heavy atom. The molecule has 0 radical (unpaired) electrons. The zero-order valence-electron chi connectivity index (χ0n) is 14.9. The lowest BCUT2D eigenvalue weighted by Gasteiger charge is -2.14. The van der Waals surface area contributed by atoms with Crippen molar-refractivity contribution in [3.63, 3.8) is 0 Å². The van der Waals surface area contributed by atoms with Crippen LogP contribution in [0.5, 0.6) is 0 Å². The Hall–Kier alpha value is -2.64. The second-order valence-corrected chi connectivity index (χ2v) is 8.66. The molecule has 3 aromatic rings. The molecule has 3 rings (SSSR count). The van der Waals surface area contributed by atoms with Crippen LogP contribution < -0.4 is 9.83 Å². The van der Waals surface area contributed by atoms with E-state index in [0.717, 1.165) is 10.0 Å². The standard InChI is InChI=1S/C21H19BrN2O3S/c22-18-9-11-20(12-10-18)28(26,27)24-19-8-4-7-17(15-19)21(25)23-14-13-16-5-2-1-3-6-16/h1-12,15,24H,13-14H2,(H,23,25)/p-1. The minimum absolute atomic E-state index is 0.139. The maximum atomic E-state index is 12.5. The average Bonchev–Trinajstić information content (AvgIpc) is 2.69. The van der Waals surface area contributed by atoms with Crippen LogP contribution in [0.4, 0.5) is 5.69 Å². The summed E-state index contributed by atoms with van der Waals surface area (Å²) < 4.78 is 28.3. The molecule has 0 amide bonds. The zero-order chi connectivity index (χ0) is 20.0. The molecule has 0 aliphatic carbocycles. The highest BCUT2D eigenvalue weighted by Crippen LogP contribution is 2.19. The average molecular weight is 458 g/mol. The molecule has 3 aromatic carbocycles. The molecule has 0 heterocycles. The lowest BCUT2D eigenvalue weighted by atomic mass is 10.1. The van der Waals surface area contributed by atoms with Gasteiger partial charge in [-0.25, -0.2) is 8.42 Å². The Balaban J connectivity index is 1.70. The van der Waals surface area contributed by atoms with Crippen molar-refractivity contribution in [2.45, 2.75) is 11.3 Å².